The quantitative estimate of drug-likeness (QED) is 0.430. The summed E-state index contributed by atoms with van der Waals surface area (Å²) in [6, 6.07) is 29.1. The molecule has 1 aliphatic rings. The summed E-state index contributed by atoms with van der Waals surface area (Å²) >= 11 is 0. The summed E-state index contributed by atoms with van der Waals surface area (Å²) in [6.45, 7) is 0. The standard InChI is InChI=1S/C27H19N3O2/c28-15-22-26(18-8-2-1-3-9-18)21-13-19(24(31)14-25(21)32-27(22)29)16-30-23-12-6-10-17-7-4-5-11-20(17)23/h1-14,16,26,31H,29H2. The molecule has 3 N–H and O–H groups in total. The molecule has 154 valence electrons. The molecule has 5 nitrogen and oxygen atoms in total. The highest BCUT2D eigenvalue weighted by Crippen LogP contribution is 2.44. The van der Waals surface area contributed by atoms with Gasteiger partial charge in [0.15, 0.2) is 0 Å². The second-order valence-electron chi connectivity index (χ2n) is 7.54. The van der Waals surface area contributed by atoms with Crippen LogP contribution in [-0.2, 0) is 0 Å². The van der Waals surface area contributed by atoms with E-state index in [1.165, 1.54) is 6.07 Å². The number of allylic oxidation sites excluding steroid dienone is 1. The van der Waals surface area contributed by atoms with E-state index in [0.717, 1.165) is 27.6 Å². The van der Waals surface area contributed by atoms with Gasteiger partial charge in [-0.3, -0.25) is 4.99 Å². The van der Waals surface area contributed by atoms with E-state index in [9.17, 15) is 10.4 Å². The summed E-state index contributed by atoms with van der Waals surface area (Å²) in [7, 11) is 0. The minimum Gasteiger partial charge on any atom is -0.507 e. The van der Waals surface area contributed by atoms with Gasteiger partial charge in [0, 0.05) is 28.8 Å². The summed E-state index contributed by atoms with van der Waals surface area (Å²) in [5.41, 5.74) is 9.37. The number of hydrogen-bond acceptors (Lipinski definition) is 5. The van der Waals surface area contributed by atoms with Gasteiger partial charge in [-0.05, 0) is 23.1 Å². The molecule has 1 unspecified atom stereocenters. The van der Waals surface area contributed by atoms with Gasteiger partial charge in [-0.2, -0.15) is 5.26 Å². The van der Waals surface area contributed by atoms with Crippen LogP contribution in [0.1, 0.15) is 22.6 Å². The fourth-order valence-electron chi connectivity index (χ4n) is 4.06. The van der Waals surface area contributed by atoms with Crippen LogP contribution in [0.25, 0.3) is 10.8 Å². The summed E-state index contributed by atoms with van der Waals surface area (Å²) < 4.78 is 5.67. The number of benzene rings is 4. The van der Waals surface area contributed by atoms with Crippen LogP contribution >= 0.6 is 0 Å². The molecule has 5 rings (SSSR count). The zero-order valence-corrected chi connectivity index (χ0v) is 17.1. The Morgan fingerprint density at radius 2 is 1.72 bits per heavy atom. The smallest absolute Gasteiger partial charge is 0.205 e. The predicted molar refractivity (Wildman–Crippen MR) is 125 cm³/mol. The molecule has 5 heteroatoms. The van der Waals surface area contributed by atoms with Crippen LogP contribution in [0.2, 0.25) is 0 Å². The lowest BCUT2D eigenvalue weighted by molar-refractivity contribution is 0.388. The van der Waals surface area contributed by atoms with Gasteiger partial charge in [0.1, 0.15) is 23.1 Å². The number of phenols is 1. The number of fused-ring (bicyclic) bond motifs is 2. The molecule has 0 aromatic heterocycles. The molecule has 0 bridgehead atoms. The number of aromatic hydroxyl groups is 1. The molecule has 32 heavy (non-hydrogen) atoms. The first-order chi connectivity index (χ1) is 15.7. The van der Waals surface area contributed by atoms with Crippen molar-refractivity contribution in [2.24, 2.45) is 10.7 Å². The Balaban J connectivity index is 1.62. The van der Waals surface area contributed by atoms with E-state index in [4.69, 9.17) is 10.5 Å². The maximum Gasteiger partial charge on any atom is 0.205 e. The Hall–Kier alpha value is -4.56. The normalized spacial score (nSPS) is 15.4. The van der Waals surface area contributed by atoms with Crippen molar-refractivity contribution in [1.82, 2.24) is 0 Å². The van der Waals surface area contributed by atoms with E-state index in [1.807, 2.05) is 72.8 Å². The number of aliphatic imine (C=N–C) groups is 1. The number of ether oxygens (including phenoxy) is 1. The second-order valence-corrected chi connectivity index (χ2v) is 7.54. The number of nitriles is 1. The fourth-order valence-corrected chi connectivity index (χ4v) is 4.06. The van der Waals surface area contributed by atoms with Crippen molar-refractivity contribution in [3.05, 3.63) is 113 Å². The van der Waals surface area contributed by atoms with Gasteiger partial charge in [-0.25, -0.2) is 0 Å². The monoisotopic (exact) mass is 417 g/mol. The number of nitrogens with zero attached hydrogens (tertiary/aromatic N) is 2. The third-order valence-electron chi connectivity index (χ3n) is 5.61. The molecule has 0 aliphatic carbocycles. The maximum absolute atomic E-state index is 10.6. The van der Waals surface area contributed by atoms with Crippen molar-refractivity contribution in [3.63, 3.8) is 0 Å². The van der Waals surface area contributed by atoms with Gasteiger partial charge in [0.25, 0.3) is 0 Å². The van der Waals surface area contributed by atoms with Crippen LogP contribution in [0.3, 0.4) is 0 Å². The molecule has 0 saturated carbocycles. The summed E-state index contributed by atoms with van der Waals surface area (Å²) in [5.74, 6) is 0.101. The lowest BCUT2D eigenvalue weighted by Gasteiger charge is -2.27. The van der Waals surface area contributed by atoms with Gasteiger partial charge in [0.05, 0.1) is 11.6 Å². The van der Waals surface area contributed by atoms with E-state index in [-0.39, 0.29) is 11.6 Å². The highest BCUT2D eigenvalue weighted by atomic mass is 16.5. The van der Waals surface area contributed by atoms with Crippen LogP contribution in [0.4, 0.5) is 5.69 Å². The zero-order chi connectivity index (χ0) is 22.1. The van der Waals surface area contributed by atoms with E-state index in [2.05, 4.69) is 11.1 Å². The predicted octanol–water partition coefficient (Wildman–Crippen LogP) is 5.51. The van der Waals surface area contributed by atoms with Crippen LogP contribution < -0.4 is 10.5 Å². The zero-order valence-electron chi connectivity index (χ0n) is 17.1. The first-order valence-electron chi connectivity index (χ1n) is 10.2. The number of nitrogens with two attached hydrogens (primary N) is 1. The SMILES string of the molecule is N#CC1=C(N)Oc2cc(O)c(C=Nc3cccc4ccccc34)cc2C1c1ccccc1. The van der Waals surface area contributed by atoms with Crippen LogP contribution in [-0.4, -0.2) is 11.3 Å². The molecule has 1 atom stereocenters. The Labute approximate surface area is 185 Å². The third kappa shape index (κ3) is 3.34. The van der Waals surface area contributed by atoms with Crippen molar-refractivity contribution in [1.29, 1.82) is 5.26 Å². The highest BCUT2D eigenvalue weighted by Gasteiger charge is 2.31. The first kappa shape index (κ1) is 19.4. The topological polar surface area (TPSA) is 91.6 Å². The molecule has 1 aliphatic heterocycles. The summed E-state index contributed by atoms with van der Waals surface area (Å²) in [6.07, 6.45) is 1.63. The van der Waals surface area contributed by atoms with Crippen LogP contribution in [0, 0.1) is 11.3 Å². The average Bonchev–Trinajstić information content (AvgIpc) is 2.82. The molecule has 0 radical (unpaired) electrons. The van der Waals surface area contributed by atoms with Crippen molar-refractivity contribution in [2.75, 3.05) is 0 Å². The molecular formula is C27H19N3O2. The molecule has 0 spiro atoms. The molecule has 0 fully saturated rings. The molecular weight excluding hydrogens is 398 g/mol. The number of phenolic OH excluding ortho intramolecular Hbond substituents is 1. The highest BCUT2D eigenvalue weighted by molar-refractivity contribution is 5.96. The van der Waals surface area contributed by atoms with Crippen LogP contribution in [0.5, 0.6) is 11.5 Å². The minimum atomic E-state index is -0.393. The molecule has 4 aromatic carbocycles. The molecule has 1 heterocycles. The van der Waals surface area contributed by atoms with Gasteiger partial charge in [-0.1, -0.05) is 66.7 Å². The average molecular weight is 417 g/mol. The van der Waals surface area contributed by atoms with Crippen molar-refractivity contribution in [2.45, 2.75) is 5.92 Å². The van der Waals surface area contributed by atoms with Crippen LogP contribution in [0.15, 0.2) is 101 Å². The van der Waals surface area contributed by atoms with Crippen molar-refractivity contribution in [3.8, 4) is 17.6 Å². The van der Waals surface area contributed by atoms with Gasteiger partial charge in [0.2, 0.25) is 5.88 Å². The first-order valence-corrected chi connectivity index (χ1v) is 10.2. The van der Waals surface area contributed by atoms with Gasteiger partial charge < -0.3 is 15.6 Å². The van der Waals surface area contributed by atoms with Gasteiger partial charge in [-0.15, -0.1) is 0 Å². The van der Waals surface area contributed by atoms with E-state index in [1.54, 1.807) is 12.3 Å². The minimum absolute atomic E-state index is 0.0211. The number of hydrogen-bond donors (Lipinski definition) is 2. The van der Waals surface area contributed by atoms with Crippen molar-refractivity contribution >= 4 is 22.7 Å². The lowest BCUT2D eigenvalue weighted by Crippen LogP contribution is -2.21. The second kappa shape index (κ2) is 7.93. The Bertz CT molecular complexity index is 1430. The van der Waals surface area contributed by atoms with Crippen molar-refractivity contribution < 1.29 is 9.84 Å². The Morgan fingerprint density at radius 1 is 0.969 bits per heavy atom. The maximum atomic E-state index is 10.6. The molecule has 0 saturated heterocycles. The van der Waals surface area contributed by atoms with E-state index in [0.29, 0.717) is 16.9 Å². The van der Waals surface area contributed by atoms with Gasteiger partial charge >= 0.3 is 0 Å². The largest absolute Gasteiger partial charge is 0.507 e. The molecule has 0 amide bonds. The summed E-state index contributed by atoms with van der Waals surface area (Å²) in [4.78, 5) is 4.64. The Kier molecular flexibility index (Phi) is 4.81. The lowest BCUT2D eigenvalue weighted by atomic mass is 9.83. The third-order valence-corrected chi connectivity index (χ3v) is 5.61. The van der Waals surface area contributed by atoms with E-state index >= 15 is 0 Å². The molecule has 4 aromatic rings. The van der Waals surface area contributed by atoms with E-state index < -0.39 is 5.92 Å². The fraction of sp³-hybridized carbons (Fsp3) is 0.0370. The Morgan fingerprint density at radius 3 is 2.53 bits per heavy atom. The number of rotatable bonds is 3. The summed E-state index contributed by atoms with van der Waals surface area (Å²) in [5, 5.41) is 22.5.